The van der Waals surface area contributed by atoms with E-state index in [0.29, 0.717) is 16.3 Å². The minimum Gasteiger partial charge on any atom is -0.398 e. The highest BCUT2D eigenvalue weighted by Gasteiger charge is 2.07. The molecule has 15 heavy (non-hydrogen) atoms. The van der Waals surface area contributed by atoms with E-state index in [1.54, 1.807) is 0 Å². The van der Waals surface area contributed by atoms with Gasteiger partial charge in [0.05, 0.1) is 17.3 Å². The topological polar surface area (TPSA) is 98.2 Å². The third kappa shape index (κ3) is 3.14. The molecule has 0 aliphatic heterocycles. The highest BCUT2D eigenvalue weighted by molar-refractivity contribution is 6.33. The molecular formula is C9H10ClN3O2. The van der Waals surface area contributed by atoms with Crippen molar-refractivity contribution in [1.82, 2.24) is 5.32 Å². The number of benzene rings is 1. The van der Waals surface area contributed by atoms with Gasteiger partial charge in [-0.3, -0.25) is 9.59 Å². The molecule has 0 atom stereocenters. The van der Waals surface area contributed by atoms with Gasteiger partial charge in [-0.05, 0) is 18.2 Å². The molecule has 0 aliphatic rings. The van der Waals surface area contributed by atoms with Crippen molar-refractivity contribution < 1.29 is 9.59 Å². The molecule has 0 radical (unpaired) electrons. The van der Waals surface area contributed by atoms with E-state index in [9.17, 15) is 9.59 Å². The SMILES string of the molecule is NC(=O)CNC(=O)c1ccc(N)c(Cl)c1. The van der Waals surface area contributed by atoms with Crippen molar-refractivity contribution in [3.8, 4) is 0 Å². The minimum absolute atomic E-state index is 0.208. The van der Waals surface area contributed by atoms with Crippen molar-refractivity contribution in [3.05, 3.63) is 28.8 Å². The molecule has 80 valence electrons. The number of carbonyl (C=O) groups excluding carboxylic acids is 2. The number of rotatable bonds is 3. The van der Waals surface area contributed by atoms with E-state index in [0.717, 1.165) is 0 Å². The number of nitrogens with one attached hydrogen (secondary N) is 1. The number of carbonyl (C=O) groups is 2. The molecule has 0 bridgehead atoms. The predicted molar refractivity (Wildman–Crippen MR) is 57.4 cm³/mol. The molecular weight excluding hydrogens is 218 g/mol. The Kier molecular flexibility index (Phi) is 3.51. The van der Waals surface area contributed by atoms with Crippen molar-refractivity contribution in [2.45, 2.75) is 0 Å². The molecule has 0 unspecified atom stereocenters. The van der Waals surface area contributed by atoms with E-state index in [4.69, 9.17) is 23.1 Å². The van der Waals surface area contributed by atoms with Crippen molar-refractivity contribution in [2.75, 3.05) is 12.3 Å². The Balaban J connectivity index is 2.74. The van der Waals surface area contributed by atoms with Gasteiger partial charge >= 0.3 is 0 Å². The number of halogens is 1. The van der Waals surface area contributed by atoms with Crippen molar-refractivity contribution in [1.29, 1.82) is 0 Å². The summed E-state index contributed by atoms with van der Waals surface area (Å²) in [6.45, 7) is -0.208. The highest BCUT2D eigenvalue weighted by atomic mass is 35.5. The summed E-state index contributed by atoms with van der Waals surface area (Å²) in [7, 11) is 0. The van der Waals surface area contributed by atoms with Crippen LogP contribution in [-0.4, -0.2) is 18.4 Å². The number of amides is 2. The van der Waals surface area contributed by atoms with Gasteiger partial charge in [-0.1, -0.05) is 11.6 Å². The average molecular weight is 228 g/mol. The first-order valence-corrected chi connectivity index (χ1v) is 4.50. The normalized spacial score (nSPS) is 9.67. The number of anilines is 1. The van der Waals surface area contributed by atoms with Crippen molar-refractivity contribution in [2.24, 2.45) is 5.73 Å². The molecule has 0 saturated heterocycles. The summed E-state index contributed by atoms with van der Waals surface area (Å²) < 4.78 is 0. The lowest BCUT2D eigenvalue weighted by Crippen LogP contribution is -2.33. The Labute approximate surface area is 91.4 Å². The summed E-state index contributed by atoms with van der Waals surface area (Å²) in [6.07, 6.45) is 0. The van der Waals surface area contributed by atoms with Gasteiger partial charge in [0.15, 0.2) is 0 Å². The van der Waals surface area contributed by atoms with Gasteiger partial charge in [-0.2, -0.15) is 0 Å². The van der Waals surface area contributed by atoms with Gasteiger partial charge in [0.25, 0.3) is 5.91 Å². The fourth-order valence-corrected chi connectivity index (χ4v) is 1.12. The summed E-state index contributed by atoms with van der Waals surface area (Å²) >= 11 is 5.72. The predicted octanol–water partition coefficient (Wildman–Crippen LogP) is 0.137. The van der Waals surface area contributed by atoms with E-state index >= 15 is 0 Å². The van der Waals surface area contributed by atoms with Crippen LogP contribution in [0.2, 0.25) is 5.02 Å². The third-order valence-corrected chi connectivity index (χ3v) is 2.01. The van der Waals surface area contributed by atoms with Gasteiger partial charge in [0.2, 0.25) is 5.91 Å². The first-order valence-electron chi connectivity index (χ1n) is 4.12. The molecule has 2 amide bonds. The van der Waals surface area contributed by atoms with Crippen LogP contribution in [0.25, 0.3) is 0 Å². The Morgan fingerprint density at radius 3 is 2.60 bits per heavy atom. The molecule has 5 nitrogen and oxygen atoms in total. The number of nitrogen functional groups attached to an aromatic ring is 1. The molecule has 0 aromatic heterocycles. The Hall–Kier alpha value is -1.75. The molecule has 1 aromatic rings. The first kappa shape index (κ1) is 11.3. The van der Waals surface area contributed by atoms with Crippen LogP contribution >= 0.6 is 11.6 Å². The standard InChI is InChI=1S/C9H10ClN3O2/c10-6-3-5(1-2-7(6)11)9(15)13-4-8(12)14/h1-3H,4,11H2,(H2,12,14)(H,13,15). The zero-order valence-corrected chi connectivity index (χ0v) is 8.54. The molecule has 0 heterocycles. The number of hydrogen-bond acceptors (Lipinski definition) is 3. The van der Waals surface area contributed by atoms with Crippen LogP contribution in [0.3, 0.4) is 0 Å². The lowest BCUT2D eigenvalue weighted by Gasteiger charge is -2.04. The quantitative estimate of drug-likeness (QED) is 0.641. The van der Waals surface area contributed by atoms with Crippen LogP contribution in [0.15, 0.2) is 18.2 Å². The minimum atomic E-state index is -0.607. The molecule has 1 aromatic carbocycles. The van der Waals surface area contributed by atoms with Gasteiger partial charge in [-0.25, -0.2) is 0 Å². The lowest BCUT2D eigenvalue weighted by atomic mass is 10.2. The number of hydrogen-bond donors (Lipinski definition) is 3. The van der Waals surface area contributed by atoms with Crippen LogP contribution in [-0.2, 0) is 4.79 Å². The Morgan fingerprint density at radius 2 is 2.07 bits per heavy atom. The summed E-state index contributed by atoms with van der Waals surface area (Å²) in [6, 6.07) is 4.45. The Bertz CT molecular complexity index is 406. The van der Waals surface area contributed by atoms with Crippen LogP contribution in [0.5, 0.6) is 0 Å². The molecule has 5 N–H and O–H groups in total. The smallest absolute Gasteiger partial charge is 0.251 e. The van der Waals surface area contributed by atoms with E-state index in [1.165, 1.54) is 18.2 Å². The van der Waals surface area contributed by atoms with Gasteiger partial charge in [0, 0.05) is 5.56 Å². The van der Waals surface area contributed by atoms with Crippen LogP contribution < -0.4 is 16.8 Å². The summed E-state index contributed by atoms with van der Waals surface area (Å²) in [5.41, 5.74) is 11.1. The maximum Gasteiger partial charge on any atom is 0.251 e. The third-order valence-electron chi connectivity index (χ3n) is 1.69. The molecule has 0 fully saturated rings. The summed E-state index contributed by atoms with van der Waals surface area (Å²) in [5.74, 6) is -1.03. The number of nitrogens with two attached hydrogens (primary N) is 2. The van der Waals surface area contributed by atoms with Gasteiger partial charge in [0.1, 0.15) is 0 Å². The fraction of sp³-hybridized carbons (Fsp3) is 0.111. The average Bonchev–Trinajstić information content (AvgIpc) is 2.18. The largest absolute Gasteiger partial charge is 0.398 e. The second-order valence-corrected chi connectivity index (χ2v) is 3.29. The monoisotopic (exact) mass is 227 g/mol. The second kappa shape index (κ2) is 4.65. The van der Waals surface area contributed by atoms with Crippen LogP contribution in [0.4, 0.5) is 5.69 Å². The van der Waals surface area contributed by atoms with E-state index in [2.05, 4.69) is 5.32 Å². The zero-order chi connectivity index (χ0) is 11.4. The highest BCUT2D eigenvalue weighted by Crippen LogP contribution is 2.19. The maximum atomic E-state index is 11.4. The lowest BCUT2D eigenvalue weighted by molar-refractivity contribution is -0.117. The zero-order valence-electron chi connectivity index (χ0n) is 7.79. The second-order valence-electron chi connectivity index (χ2n) is 2.89. The summed E-state index contributed by atoms with van der Waals surface area (Å²) in [4.78, 5) is 21.8. The molecule has 0 saturated carbocycles. The van der Waals surface area contributed by atoms with Gasteiger partial charge < -0.3 is 16.8 Å². The van der Waals surface area contributed by atoms with E-state index in [1.807, 2.05) is 0 Å². The van der Waals surface area contributed by atoms with Crippen molar-refractivity contribution in [3.63, 3.8) is 0 Å². The number of primary amides is 1. The summed E-state index contributed by atoms with van der Waals surface area (Å²) in [5, 5.41) is 2.63. The Morgan fingerprint density at radius 1 is 1.40 bits per heavy atom. The van der Waals surface area contributed by atoms with Crippen LogP contribution in [0, 0.1) is 0 Å². The van der Waals surface area contributed by atoms with E-state index in [-0.39, 0.29) is 6.54 Å². The molecule has 1 rings (SSSR count). The first-order chi connectivity index (χ1) is 7.00. The van der Waals surface area contributed by atoms with Gasteiger partial charge in [-0.15, -0.1) is 0 Å². The molecule has 0 spiro atoms. The van der Waals surface area contributed by atoms with E-state index < -0.39 is 11.8 Å². The fourth-order valence-electron chi connectivity index (χ4n) is 0.938. The molecule has 0 aliphatic carbocycles. The van der Waals surface area contributed by atoms with Crippen molar-refractivity contribution >= 4 is 29.1 Å². The molecule has 6 heteroatoms. The van der Waals surface area contributed by atoms with Crippen LogP contribution in [0.1, 0.15) is 10.4 Å². The maximum absolute atomic E-state index is 11.4.